The van der Waals surface area contributed by atoms with Crippen LogP contribution in [0.25, 0.3) is 0 Å². The van der Waals surface area contributed by atoms with Gasteiger partial charge in [-0.15, -0.1) is 0 Å². The quantitative estimate of drug-likeness (QED) is 0.760. The molecule has 2 amide bonds. The van der Waals surface area contributed by atoms with Gasteiger partial charge in [0.25, 0.3) is 0 Å². The van der Waals surface area contributed by atoms with Crippen LogP contribution in [0.3, 0.4) is 0 Å². The van der Waals surface area contributed by atoms with Crippen LogP contribution in [0.4, 0.5) is 0 Å². The van der Waals surface area contributed by atoms with E-state index in [-0.39, 0.29) is 17.7 Å². The predicted molar refractivity (Wildman–Crippen MR) is 102 cm³/mol. The van der Waals surface area contributed by atoms with E-state index < -0.39 is 0 Å². The van der Waals surface area contributed by atoms with Crippen molar-refractivity contribution in [1.82, 2.24) is 9.80 Å². The van der Waals surface area contributed by atoms with Crippen molar-refractivity contribution in [2.24, 2.45) is 5.92 Å². The highest BCUT2D eigenvalue weighted by Crippen LogP contribution is 2.26. The number of hydrogen-bond acceptors (Lipinski definition) is 3. The van der Waals surface area contributed by atoms with E-state index in [1.807, 2.05) is 9.80 Å². The summed E-state index contributed by atoms with van der Waals surface area (Å²) < 4.78 is 5.58. The monoisotopic (exact) mass is 398 g/mol. The van der Waals surface area contributed by atoms with Crippen LogP contribution in [0.15, 0.2) is 18.2 Å². The van der Waals surface area contributed by atoms with Crippen LogP contribution >= 0.6 is 23.2 Å². The topological polar surface area (TPSA) is 49.9 Å². The van der Waals surface area contributed by atoms with Gasteiger partial charge in [0.15, 0.2) is 0 Å². The van der Waals surface area contributed by atoms with Crippen molar-refractivity contribution in [3.8, 4) is 5.75 Å². The predicted octanol–water partition coefficient (Wildman–Crippen LogP) is 3.62. The SMILES string of the molecule is O=C(CCOc1ccc(Cl)c(Cl)c1)N1CCC(C(=O)N2CCCC2)CC1. The number of likely N-dealkylation sites (tertiary alicyclic amines) is 2. The Morgan fingerprint density at radius 3 is 2.35 bits per heavy atom. The zero-order valence-electron chi connectivity index (χ0n) is 14.8. The van der Waals surface area contributed by atoms with Gasteiger partial charge >= 0.3 is 0 Å². The molecule has 3 rings (SSSR count). The molecule has 2 saturated heterocycles. The number of halogens is 2. The summed E-state index contributed by atoms with van der Waals surface area (Å²) >= 11 is 11.8. The second kappa shape index (κ2) is 8.96. The van der Waals surface area contributed by atoms with Crippen molar-refractivity contribution in [2.45, 2.75) is 32.1 Å². The molecule has 1 aromatic rings. The van der Waals surface area contributed by atoms with Gasteiger partial charge in [-0.3, -0.25) is 9.59 Å². The minimum atomic E-state index is 0.0668. The van der Waals surface area contributed by atoms with Gasteiger partial charge in [0, 0.05) is 38.2 Å². The number of amides is 2. The third kappa shape index (κ3) is 4.83. The van der Waals surface area contributed by atoms with Gasteiger partial charge in [0.1, 0.15) is 5.75 Å². The van der Waals surface area contributed by atoms with E-state index in [4.69, 9.17) is 27.9 Å². The number of hydrogen-bond donors (Lipinski definition) is 0. The first-order valence-electron chi connectivity index (χ1n) is 9.19. The van der Waals surface area contributed by atoms with Gasteiger partial charge in [-0.25, -0.2) is 0 Å². The maximum absolute atomic E-state index is 12.4. The number of rotatable bonds is 5. The number of benzene rings is 1. The summed E-state index contributed by atoms with van der Waals surface area (Å²) in [6.45, 7) is 3.38. The van der Waals surface area contributed by atoms with Crippen molar-refractivity contribution in [3.05, 3.63) is 28.2 Å². The van der Waals surface area contributed by atoms with Gasteiger partial charge < -0.3 is 14.5 Å². The molecule has 2 heterocycles. The van der Waals surface area contributed by atoms with Crippen LogP contribution < -0.4 is 4.74 Å². The third-order valence-electron chi connectivity index (χ3n) is 5.09. The summed E-state index contributed by atoms with van der Waals surface area (Å²) in [6.07, 6.45) is 4.05. The van der Waals surface area contributed by atoms with E-state index in [9.17, 15) is 9.59 Å². The molecule has 2 fully saturated rings. The molecule has 0 saturated carbocycles. The average molecular weight is 399 g/mol. The van der Waals surface area contributed by atoms with E-state index in [0.717, 1.165) is 38.8 Å². The fourth-order valence-corrected chi connectivity index (χ4v) is 3.84. The maximum Gasteiger partial charge on any atom is 0.225 e. The maximum atomic E-state index is 12.4. The highest BCUT2D eigenvalue weighted by atomic mass is 35.5. The molecule has 5 nitrogen and oxygen atoms in total. The summed E-state index contributed by atoms with van der Waals surface area (Å²) in [6, 6.07) is 5.04. The molecule has 0 bridgehead atoms. The van der Waals surface area contributed by atoms with Gasteiger partial charge in [-0.1, -0.05) is 23.2 Å². The number of piperidine rings is 1. The fourth-order valence-electron chi connectivity index (χ4n) is 3.55. The Morgan fingerprint density at radius 1 is 1.00 bits per heavy atom. The summed E-state index contributed by atoms with van der Waals surface area (Å²) in [7, 11) is 0. The average Bonchev–Trinajstić information content (AvgIpc) is 3.19. The molecule has 0 spiro atoms. The van der Waals surface area contributed by atoms with Crippen LogP contribution in [0, 0.1) is 5.92 Å². The Kier molecular flexibility index (Phi) is 6.65. The molecule has 0 aliphatic carbocycles. The summed E-state index contributed by atoms with van der Waals surface area (Å²) in [5, 5.41) is 0.904. The summed E-state index contributed by atoms with van der Waals surface area (Å²) in [5.74, 6) is 1.02. The highest BCUT2D eigenvalue weighted by molar-refractivity contribution is 6.42. The van der Waals surface area contributed by atoms with E-state index >= 15 is 0 Å². The van der Waals surface area contributed by atoms with Crippen LogP contribution in [-0.2, 0) is 9.59 Å². The first-order valence-corrected chi connectivity index (χ1v) is 9.94. The summed E-state index contributed by atoms with van der Waals surface area (Å²) in [5.41, 5.74) is 0. The van der Waals surface area contributed by atoms with Gasteiger partial charge in [-0.05, 0) is 37.8 Å². The molecule has 7 heteroatoms. The van der Waals surface area contributed by atoms with Crippen molar-refractivity contribution in [2.75, 3.05) is 32.8 Å². The zero-order valence-corrected chi connectivity index (χ0v) is 16.3. The molecule has 0 atom stereocenters. The van der Waals surface area contributed by atoms with Gasteiger partial charge in [0.2, 0.25) is 11.8 Å². The van der Waals surface area contributed by atoms with Crippen molar-refractivity contribution < 1.29 is 14.3 Å². The molecular formula is C19H24Cl2N2O3. The second-order valence-corrected chi connectivity index (χ2v) is 7.68. The van der Waals surface area contributed by atoms with E-state index in [1.54, 1.807) is 18.2 Å². The van der Waals surface area contributed by atoms with Gasteiger partial charge in [0.05, 0.1) is 23.1 Å². The molecule has 1 aromatic carbocycles. The molecule has 2 aliphatic rings. The highest BCUT2D eigenvalue weighted by Gasteiger charge is 2.31. The molecule has 0 aromatic heterocycles. The van der Waals surface area contributed by atoms with Crippen LogP contribution in [0.2, 0.25) is 10.0 Å². The molecular weight excluding hydrogens is 375 g/mol. The zero-order chi connectivity index (χ0) is 18.5. The lowest BCUT2D eigenvalue weighted by Crippen LogP contribution is -2.44. The normalized spacial score (nSPS) is 18.2. The standard InChI is InChI=1S/C19H24Cl2N2O3/c20-16-4-3-15(13-17(16)21)26-12-7-18(24)22-10-5-14(6-11-22)19(25)23-8-1-2-9-23/h3-4,13-14H,1-2,5-12H2. The molecule has 26 heavy (non-hydrogen) atoms. The number of ether oxygens (including phenoxy) is 1. The lowest BCUT2D eigenvalue weighted by Gasteiger charge is -2.33. The van der Waals surface area contributed by atoms with E-state index in [1.165, 1.54) is 0 Å². The molecule has 142 valence electrons. The Labute approximate surface area is 164 Å². The first-order chi connectivity index (χ1) is 12.5. The largest absolute Gasteiger partial charge is 0.493 e. The number of nitrogens with zero attached hydrogens (tertiary/aromatic N) is 2. The smallest absolute Gasteiger partial charge is 0.225 e. The fraction of sp³-hybridized carbons (Fsp3) is 0.579. The van der Waals surface area contributed by atoms with Crippen LogP contribution in [0.5, 0.6) is 5.75 Å². The molecule has 0 unspecified atom stereocenters. The summed E-state index contributed by atoms with van der Waals surface area (Å²) in [4.78, 5) is 28.6. The number of carbonyl (C=O) groups is 2. The molecule has 2 aliphatic heterocycles. The first kappa shape index (κ1) is 19.3. The lowest BCUT2D eigenvalue weighted by atomic mass is 9.95. The minimum absolute atomic E-state index is 0.0668. The van der Waals surface area contributed by atoms with E-state index in [0.29, 0.717) is 41.9 Å². The minimum Gasteiger partial charge on any atom is -0.493 e. The van der Waals surface area contributed by atoms with E-state index in [2.05, 4.69) is 0 Å². The van der Waals surface area contributed by atoms with Crippen molar-refractivity contribution >= 4 is 35.0 Å². The number of carbonyl (C=O) groups excluding carboxylic acids is 2. The third-order valence-corrected chi connectivity index (χ3v) is 5.83. The molecule has 0 radical (unpaired) electrons. The van der Waals surface area contributed by atoms with Crippen molar-refractivity contribution in [1.29, 1.82) is 0 Å². The Bertz CT molecular complexity index is 654. The molecule has 0 N–H and O–H groups in total. The second-order valence-electron chi connectivity index (χ2n) is 6.86. The van der Waals surface area contributed by atoms with Crippen molar-refractivity contribution in [3.63, 3.8) is 0 Å². The van der Waals surface area contributed by atoms with Crippen LogP contribution in [0.1, 0.15) is 32.1 Å². The van der Waals surface area contributed by atoms with Crippen LogP contribution in [-0.4, -0.2) is 54.4 Å². The Balaban J connectivity index is 1.39. The van der Waals surface area contributed by atoms with Gasteiger partial charge in [-0.2, -0.15) is 0 Å². The Hall–Kier alpha value is -1.46. The lowest BCUT2D eigenvalue weighted by molar-refractivity contribution is -0.140. The Morgan fingerprint density at radius 2 is 1.69 bits per heavy atom.